The largest absolute Gasteiger partial charge is 0.352 e. The Morgan fingerprint density at radius 3 is 2.56 bits per heavy atom. The molecule has 1 aromatic carbocycles. The van der Waals surface area contributed by atoms with Crippen LogP contribution in [0.5, 0.6) is 0 Å². The van der Waals surface area contributed by atoms with Crippen LogP contribution in [0.3, 0.4) is 0 Å². The molecule has 0 saturated carbocycles. The molecule has 0 bridgehead atoms. The second-order valence-electron chi connectivity index (χ2n) is 8.60. The average molecular weight is 490 g/mol. The second kappa shape index (κ2) is 9.69. The smallest absolute Gasteiger partial charge is 0.274 e. The highest BCUT2D eigenvalue weighted by Crippen LogP contribution is 2.37. The molecule has 1 saturated heterocycles. The number of halogens is 3. The molecule has 1 fully saturated rings. The topological polar surface area (TPSA) is 71.0 Å². The molecule has 1 N–H and O–H groups in total. The lowest BCUT2D eigenvalue weighted by atomic mass is 9.88. The highest BCUT2D eigenvalue weighted by molar-refractivity contribution is 7.15. The molecule has 34 heavy (non-hydrogen) atoms. The van der Waals surface area contributed by atoms with Gasteiger partial charge in [0.15, 0.2) is 0 Å². The van der Waals surface area contributed by atoms with Gasteiger partial charge < -0.3 is 10.2 Å². The first-order chi connectivity index (χ1) is 16.2. The van der Waals surface area contributed by atoms with Crippen molar-refractivity contribution < 1.29 is 18.0 Å². The molecule has 2 atom stereocenters. The van der Waals surface area contributed by atoms with Crippen molar-refractivity contribution in [2.75, 3.05) is 18.4 Å². The van der Waals surface area contributed by atoms with E-state index in [0.29, 0.717) is 21.4 Å². The van der Waals surface area contributed by atoms with Crippen LogP contribution in [0.2, 0.25) is 0 Å². The van der Waals surface area contributed by atoms with Gasteiger partial charge in [-0.3, -0.25) is 4.79 Å². The van der Waals surface area contributed by atoms with Crippen LogP contribution in [0.15, 0.2) is 36.7 Å². The zero-order valence-electron chi connectivity index (χ0n) is 19.2. The van der Waals surface area contributed by atoms with Crippen LogP contribution >= 0.6 is 11.3 Å². The highest BCUT2D eigenvalue weighted by Gasteiger charge is 2.46. The molecule has 1 aliphatic rings. The zero-order chi connectivity index (χ0) is 24.5. The van der Waals surface area contributed by atoms with Crippen LogP contribution < -0.4 is 5.32 Å². The third-order valence-electron chi connectivity index (χ3n) is 5.97. The van der Waals surface area contributed by atoms with Gasteiger partial charge in [-0.15, -0.1) is 11.3 Å². The van der Waals surface area contributed by atoms with Crippen molar-refractivity contribution in [3.05, 3.63) is 58.7 Å². The summed E-state index contributed by atoms with van der Waals surface area (Å²) in [4.78, 5) is 28.3. The van der Waals surface area contributed by atoms with E-state index in [0.717, 1.165) is 12.0 Å². The standard InChI is InChI=1S/C24H26F3N5OS/c1-4-16-10-28-23(29-11-16)30-12-19-14(2)9-24(26,27)13-32(19)22(33)20-21(34-15(3)31-20)17-5-7-18(25)8-6-17/h5-8,10-11,14,19H,4,9,12-13H2,1-3H3,(H,28,29,30)/t14-,19?/m1/s1. The summed E-state index contributed by atoms with van der Waals surface area (Å²) < 4.78 is 42.6. The summed E-state index contributed by atoms with van der Waals surface area (Å²) in [5.74, 6) is -4.06. The summed E-state index contributed by atoms with van der Waals surface area (Å²) in [5, 5.41) is 3.72. The molecule has 3 aromatic rings. The Hall–Kier alpha value is -3.01. The van der Waals surface area contributed by atoms with Crippen molar-refractivity contribution in [3.8, 4) is 10.4 Å². The van der Waals surface area contributed by atoms with Crippen molar-refractivity contribution in [1.29, 1.82) is 0 Å². The molecule has 10 heteroatoms. The molecule has 2 aromatic heterocycles. The minimum atomic E-state index is -3.01. The number of aromatic nitrogens is 3. The van der Waals surface area contributed by atoms with Crippen LogP contribution in [0, 0.1) is 18.7 Å². The Bertz CT molecular complexity index is 1150. The molecule has 1 amide bonds. The minimum absolute atomic E-state index is 0.104. The summed E-state index contributed by atoms with van der Waals surface area (Å²) in [5.41, 5.74) is 1.71. The van der Waals surface area contributed by atoms with Crippen molar-refractivity contribution in [3.63, 3.8) is 0 Å². The van der Waals surface area contributed by atoms with E-state index in [1.165, 1.54) is 28.4 Å². The number of likely N-dealkylation sites (tertiary alicyclic amines) is 1. The van der Waals surface area contributed by atoms with Crippen LogP contribution in [0.4, 0.5) is 19.1 Å². The molecule has 6 nitrogen and oxygen atoms in total. The lowest BCUT2D eigenvalue weighted by Gasteiger charge is -2.43. The number of nitrogens with one attached hydrogen (secondary N) is 1. The van der Waals surface area contributed by atoms with Crippen molar-refractivity contribution >= 4 is 23.2 Å². The van der Waals surface area contributed by atoms with Gasteiger partial charge in [0.1, 0.15) is 11.5 Å². The monoisotopic (exact) mass is 489 g/mol. The summed E-state index contributed by atoms with van der Waals surface area (Å²) in [6.07, 6.45) is 3.91. The fourth-order valence-corrected chi connectivity index (χ4v) is 5.12. The minimum Gasteiger partial charge on any atom is -0.352 e. The van der Waals surface area contributed by atoms with Gasteiger partial charge in [-0.25, -0.2) is 28.1 Å². The molecule has 0 aliphatic carbocycles. The predicted molar refractivity (Wildman–Crippen MR) is 126 cm³/mol. The van der Waals surface area contributed by atoms with Gasteiger partial charge >= 0.3 is 0 Å². The Morgan fingerprint density at radius 2 is 1.91 bits per heavy atom. The van der Waals surface area contributed by atoms with Crippen LogP contribution in [-0.2, 0) is 6.42 Å². The summed E-state index contributed by atoms with van der Waals surface area (Å²) >= 11 is 1.28. The third-order valence-corrected chi connectivity index (χ3v) is 6.99. The fourth-order valence-electron chi connectivity index (χ4n) is 4.21. The van der Waals surface area contributed by atoms with Gasteiger partial charge in [0, 0.05) is 25.4 Å². The fraction of sp³-hybridized carbons (Fsp3) is 0.417. The normalized spacial score (nSPS) is 19.8. The first-order valence-electron chi connectivity index (χ1n) is 11.1. The lowest BCUT2D eigenvalue weighted by molar-refractivity contribution is -0.0898. The molecule has 0 spiro atoms. The quantitative estimate of drug-likeness (QED) is 0.515. The maximum Gasteiger partial charge on any atom is 0.274 e. The number of carbonyl (C=O) groups excluding carboxylic acids is 1. The van der Waals surface area contributed by atoms with E-state index in [4.69, 9.17) is 0 Å². The highest BCUT2D eigenvalue weighted by atomic mass is 32.1. The number of nitrogens with zero attached hydrogens (tertiary/aromatic N) is 4. The Balaban J connectivity index is 1.62. The number of aryl methyl sites for hydroxylation is 2. The van der Waals surface area contributed by atoms with E-state index < -0.39 is 36.2 Å². The second-order valence-corrected chi connectivity index (χ2v) is 9.81. The molecular weight excluding hydrogens is 463 g/mol. The first-order valence-corrected chi connectivity index (χ1v) is 12.0. The summed E-state index contributed by atoms with van der Waals surface area (Å²) in [6.45, 7) is 4.99. The molecule has 180 valence electrons. The van der Waals surface area contributed by atoms with Crippen LogP contribution in [0.25, 0.3) is 10.4 Å². The molecule has 1 aliphatic heterocycles. The SMILES string of the molecule is CCc1cnc(NCC2[C@H](C)CC(F)(F)CN2C(=O)c2nc(C)sc2-c2ccc(F)cc2)nc1. The number of rotatable bonds is 6. The Labute approximate surface area is 200 Å². The van der Waals surface area contributed by atoms with Crippen molar-refractivity contribution in [1.82, 2.24) is 19.9 Å². The number of alkyl halides is 2. The van der Waals surface area contributed by atoms with E-state index >= 15 is 0 Å². The number of hydrogen-bond acceptors (Lipinski definition) is 6. The lowest BCUT2D eigenvalue weighted by Crippen LogP contribution is -2.57. The van der Waals surface area contributed by atoms with Crippen LogP contribution in [-0.4, -0.2) is 50.8 Å². The molecular formula is C24H26F3N5OS. The van der Waals surface area contributed by atoms with Gasteiger partial charge in [0.25, 0.3) is 11.8 Å². The van der Waals surface area contributed by atoms with Crippen molar-refractivity contribution in [2.24, 2.45) is 5.92 Å². The van der Waals surface area contributed by atoms with Gasteiger partial charge in [-0.2, -0.15) is 0 Å². The third kappa shape index (κ3) is 5.22. The average Bonchev–Trinajstić information content (AvgIpc) is 3.19. The van der Waals surface area contributed by atoms with Crippen molar-refractivity contribution in [2.45, 2.75) is 45.6 Å². The van der Waals surface area contributed by atoms with Gasteiger partial charge in [0.05, 0.1) is 22.5 Å². The van der Waals surface area contributed by atoms with Gasteiger partial charge in [-0.05, 0) is 42.5 Å². The van der Waals surface area contributed by atoms with Crippen LogP contribution in [0.1, 0.15) is 41.3 Å². The maximum absolute atomic E-state index is 14.6. The van der Waals surface area contributed by atoms with Gasteiger partial charge in [0.2, 0.25) is 5.95 Å². The van der Waals surface area contributed by atoms with E-state index in [1.807, 2.05) is 6.92 Å². The number of hydrogen-bond donors (Lipinski definition) is 1. The number of benzene rings is 1. The molecule has 4 rings (SSSR count). The first kappa shape index (κ1) is 24.1. The maximum atomic E-state index is 14.6. The molecule has 1 unspecified atom stereocenters. The molecule has 3 heterocycles. The summed E-state index contributed by atoms with van der Waals surface area (Å²) in [6, 6.07) is 5.20. The Morgan fingerprint density at radius 1 is 1.24 bits per heavy atom. The van der Waals surface area contributed by atoms with Gasteiger partial charge in [-0.1, -0.05) is 26.0 Å². The zero-order valence-corrected chi connectivity index (χ0v) is 20.0. The van der Waals surface area contributed by atoms with E-state index in [9.17, 15) is 18.0 Å². The number of piperidine rings is 1. The number of anilines is 1. The predicted octanol–water partition coefficient (Wildman–Crippen LogP) is 5.21. The number of carbonyl (C=O) groups is 1. The Kier molecular flexibility index (Phi) is 6.88. The molecule has 0 radical (unpaired) electrons. The number of thiazole rings is 1. The summed E-state index contributed by atoms with van der Waals surface area (Å²) in [7, 11) is 0. The van der Waals surface area contributed by atoms with E-state index in [2.05, 4.69) is 20.3 Å². The number of amides is 1. The van der Waals surface area contributed by atoms with E-state index in [-0.39, 0.29) is 18.7 Å². The van der Waals surface area contributed by atoms with E-state index in [1.54, 1.807) is 38.4 Å².